The van der Waals surface area contributed by atoms with Crippen LogP contribution in [-0.4, -0.2) is 17.7 Å². The Hall–Kier alpha value is -1.28. The van der Waals surface area contributed by atoms with Crippen molar-refractivity contribution < 1.29 is 0 Å². The van der Waals surface area contributed by atoms with E-state index in [1.165, 1.54) is 42.1 Å². The average molecular weight is 286 g/mol. The molecule has 0 aliphatic rings. The third kappa shape index (κ3) is 4.34. The largest absolute Gasteiger partial charge is 0.347 e. The molecule has 0 amide bonds. The predicted octanol–water partition coefficient (Wildman–Crippen LogP) is 4.62. The van der Waals surface area contributed by atoms with Crippen LogP contribution in [0.25, 0.3) is 10.9 Å². The minimum Gasteiger partial charge on any atom is -0.347 e. The summed E-state index contributed by atoms with van der Waals surface area (Å²) in [5.41, 5.74) is 2.92. The van der Waals surface area contributed by atoms with Crippen molar-refractivity contribution in [2.45, 2.75) is 53.0 Å². The van der Waals surface area contributed by atoms with Crippen molar-refractivity contribution in [2.75, 3.05) is 13.1 Å². The van der Waals surface area contributed by atoms with Gasteiger partial charge < -0.3 is 9.88 Å². The van der Waals surface area contributed by atoms with Crippen molar-refractivity contribution in [1.29, 1.82) is 0 Å². The molecular formula is C19H30N2. The second kappa shape index (κ2) is 8.23. The lowest BCUT2D eigenvalue weighted by Crippen LogP contribution is -2.13. The second-order valence-corrected chi connectivity index (χ2v) is 6.15. The van der Waals surface area contributed by atoms with E-state index in [1.807, 2.05) is 0 Å². The number of aryl methyl sites for hydroxylation is 1. The van der Waals surface area contributed by atoms with Gasteiger partial charge in [0.25, 0.3) is 0 Å². The SMILES string of the molecule is CCNCCCCc1cn(CC(C)CC)c2ccccc12. The lowest BCUT2D eigenvalue weighted by atomic mass is 10.1. The number of unbranched alkanes of at least 4 members (excludes halogenated alkanes) is 1. The summed E-state index contributed by atoms with van der Waals surface area (Å²) in [4.78, 5) is 0. The third-order valence-corrected chi connectivity index (χ3v) is 4.38. The van der Waals surface area contributed by atoms with Crippen molar-refractivity contribution in [2.24, 2.45) is 5.92 Å². The molecule has 0 fully saturated rings. The maximum Gasteiger partial charge on any atom is 0.0483 e. The van der Waals surface area contributed by atoms with Gasteiger partial charge in [0, 0.05) is 23.6 Å². The summed E-state index contributed by atoms with van der Waals surface area (Å²) in [6, 6.07) is 8.87. The number of fused-ring (bicyclic) bond motifs is 1. The normalized spacial score (nSPS) is 12.9. The molecule has 1 unspecified atom stereocenters. The monoisotopic (exact) mass is 286 g/mol. The highest BCUT2D eigenvalue weighted by Crippen LogP contribution is 2.24. The van der Waals surface area contributed by atoms with Crippen LogP contribution in [0, 0.1) is 5.92 Å². The molecule has 0 spiro atoms. The molecule has 0 saturated carbocycles. The van der Waals surface area contributed by atoms with Crippen molar-refractivity contribution in [3.63, 3.8) is 0 Å². The molecule has 0 saturated heterocycles. The van der Waals surface area contributed by atoms with E-state index < -0.39 is 0 Å². The number of hydrogen-bond donors (Lipinski definition) is 1. The van der Waals surface area contributed by atoms with E-state index in [0.29, 0.717) is 0 Å². The number of hydrogen-bond acceptors (Lipinski definition) is 1. The van der Waals surface area contributed by atoms with Gasteiger partial charge in [0.05, 0.1) is 0 Å². The fraction of sp³-hybridized carbons (Fsp3) is 0.579. The van der Waals surface area contributed by atoms with Crippen molar-refractivity contribution >= 4 is 10.9 Å². The second-order valence-electron chi connectivity index (χ2n) is 6.15. The van der Waals surface area contributed by atoms with Crippen LogP contribution in [0.3, 0.4) is 0 Å². The Balaban J connectivity index is 2.08. The Labute approximate surface area is 129 Å². The molecule has 0 bridgehead atoms. The van der Waals surface area contributed by atoms with Crippen LogP contribution in [-0.2, 0) is 13.0 Å². The lowest BCUT2D eigenvalue weighted by Gasteiger charge is -2.10. The van der Waals surface area contributed by atoms with Gasteiger partial charge in [-0.1, -0.05) is 45.4 Å². The van der Waals surface area contributed by atoms with E-state index in [2.05, 4.69) is 61.1 Å². The molecule has 0 radical (unpaired) electrons. The van der Waals surface area contributed by atoms with Crippen LogP contribution in [0.2, 0.25) is 0 Å². The highest BCUT2D eigenvalue weighted by molar-refractivity contribution is 5.83. The molecule has 1 aromatic carbocycles. The van der Waals surface area contributed by atoms with Crippen LogP contribution in [0.4, 0.5) is 0 Å². The summed E-state index contributed by atoms with van der Waals surface area (Å²) in [6.45, 7) is 10.1. The molecule has 116 valence electrons. The highest BCUT2D eigenvalue weighted by atomic mass is 15.0. The molecule has 1 heterocycles. The molecule has 0 aliphatic carbocycles. The molecule has 2 rings (SSSR count). The first-order chi connectivity index (χ1) is 10.3. The Kier molecular flexibility index (Phi) is 6.31. The Morgan fingerprint density at radius 3 is 2.71 bits per heavy atom. The van der Waals surface area contributed by atoms with Gasteiger partial charge in [-0.25, -0.2) is 0 Å². The third-order valence-electron chi connectivity index (χ3n) is 4.38. The zero-order valence-corrected chi connectivity index (χ0v) is 13.9. The maximum atomic E-state index is 3.41. The van der Waals surface area contributed by atoms with Crippen LogP contribution < -0.4 is 5.32 Å². The van der Waals surface area contributed by atoms with E-state index in [0.717, 1.165) is 25.6 Å². The number of nitrogens with zero attached hydrogens (tertiary/aromatic N) is 1. The summed E-state index contributed by atoms with van der Waals surface area (Å²) in [7, 11) is 0. The van der Waals surface area contributed by atoms with Crippen LogP contribution in [0.5, 0.6) is 0 Å². The number of benzene rings is 1. The fourth-order valence-electron chi connectivity index (χ4n) is 2.88. The van der Waals surface area contributed by atoms with E-state index in [1.54, 1.807) is 0 Å². The van der Waals surface area contributed by atoms with E-state index in [-0.39, 0.29) is 0 Å². The Morgan fingerprint density at radius 2 is 1.95 bits per heavy atom. The topological polar surface area (TPSA) is 17.0 Å². The van der Waals surface area contributed by atoms with Crippen molar-refractivity contribution in [1.82, 2.24) is 9.88 Å². The van der Waals surface area contributed by atoms with Gasteiger partial charge in [-0.05, 0) is 49.9 Å². The van der Waals surface area contributed by atoms with E-state index in [9.17, 15) is 0 Å². The molecule has 21 heavy (non-hydrogen) atoms. The van der Waals surface area contributed by atoms with E-state index >= 15 is 0 Å². The van der Waals surface area contributed by atoms with Gasteiger partial charge in [0.1, 0.15) is 0 Å². The van der Waals surface area contributed by atoms with Gasteiger partial charge in [-0.2, -0.15) is 0 Å². The number of rotatable bonds is 9. The zero-order chi connectivity index (χ0) is 15.1. The summed E-state index contributed by atoms with van der Waals surface area (Å²) < 4.78 is 2.46. The quantitative estimate of drug-likeness (QED) is 0.666. The fourth-order valence-corrected chi connectivity index (χ4v) is 2.88. The molecule has 1 atom stereocenters. The summed E-state index contributed by atoms with van der Waals surface area (Å²) >= 11 is 0. The molecule has 2 nitrogen and oxygen atoms in total. The standard InChI is InChI=1S/C19H30N2/c1-4-16(3)14-21-15-17(10-8-9-13-20-5-2)18-11-6-7-12-19(18)21/h6-7,11-12,15-16,20H,4-5,8-10,13-14H2,1-3H3. The molecule has 1 aromatic heterocycles. The first-order valence-corrected chi connectivity index (χ1v) is 8.53. The van der Waals surface area contributed by atoms with E-state index in [4.69, 9.17) is 0 Å². The van der Waals surface area contributed by atoms with Crippen LogP contribution in [0.15, 0.2) is 30.5 Å². The molecular weight excluding hydrogens is 256 g/mol. The predicted molar refractivity (Wildman–Crippen MR) is 92.9 cm³/mol. The Morgan fingerprint density at radius 1 is 1.14 bits per heavy atom. The molecule has 2 heteroatoms. The lowest BCUT2D eigenvalue weighted by molar-refractivity contribution is 0.477. The molecule has 1 N–H and O–H groups in total. The number of nitrogens with one attached hydrogen (secondary N) is 1. The van der Waals surface area contributed by atoms with Gasteiger partial charge >= 0.3 is 0 Å². The first kappa shape index (κ1) is 16.1. The van der Waals surface area contributed by atoms with Gasteiger partial charge in [-0.3, -0.25) is 0 Å². The summed E-state index contributed by atoms with van der Waals surface area (Å²) in [6.07, 6.45) is 7.36. The average Bonchev–Trinajstić information content (AvgIpc) is 2.85. The zero-order valence-electron chi connectivity index (χ0n) is 13.9. The molecule has 0 aliphatic heterocycles. The van der Waals surface area contributed by atoms with Gasteiger partial charge in [0.15, 0.2) is 0 Å². The van der Waals surface area contributed by atoms with Crippen LogP contribution in [0.1, 0.15) is 45.6 Å². The first-order valence-electron chi connectivity index (χ1n) is 8.53. The van der Waals surface area contributed by atoms with Gasteiger partial charge in [-0.15, -0.1) is 0 Å². The Bertz CT molecular complexity index is 541. The van der Waals surface area contributed by atoms with Gasteiger partial charge in [0.2, 0.25) is 0 Å². The smallest absolute Gasteiger partial charge is 0.0483 e. The highest BCUT2D eigenvalue weighted by Gasteiger charge is 2.09. The molecule has 2 aromatic rings. The van der Waals surface area contributed by atoms with Crippen molar-refractivity contribution in [3.8, 4) is 0 Å². The summed E-state index contributed by atoms with van der Waals surface area (Å²) in [5, 5.41) is 4.85. The number of para-hydroxylation sites is 1. The minimum atomic E-state index is 0.738. The summed E-state index contributed by atoms with van der Waals surface area (Å²) in [5.74, 6) is 0.738. The number of aromatic nitrogens is 1. The maximum absolute atomic E-state index is 3.41. The van der Waals surface area contributed by atoms with Crippen LogP contribution >= 0.6 is 0 Å². The minimum absolute atomic E-state index is 0.738. The van der Waals surface area contributed by atoms with Crippen molar-refractivity contribution in [3.05, 3.63) is 36.0 Å².